The smallest absolute Gasteiger partial charge is 0.408 e. The van der Waals surface area contributed by atoms with E-state index in [1.54, 1.807) is 56.7 Å². The van der Waals surface area contributed by atoms with Gasteiger partial charge in [0.25, 0.3) is 0 Å². The Labute approximate surface area is 298 Å². The van der Waals surface area contributed by atoms with E-state index in [1.165, 1.54) is 15.7 Å². The number of piperazine rings is 1. The molecule has 1 saturated heterocycles. The molecule has 2 heterocycles. The Bertz CT molecular complexity index is 1670. The van der Waals surface area contributed by atoms with Crippen molar-refractivity contribution < 1.29 is 29.0 Å². The highest BCUT2D eigenvalue weighted by atomic mass is 16.6. The summed E-state index contributed by atoms with van der Waals surface area (Å²) in [7, 11) is 2.18. The molecule has 0 radical (unpaired) electrons. The Morgan fingerprint density at radius 2 is 1.57 bits per heavy atom. The van der Waals surface area contributed by atoms with Crippen LogP contribution in [-0.4, -0.2) is 116 Å². The minimum absolute atomic E-state index is 0.0387. The van der Waals surface area contributed by atoms with E-state index in [-0.39, 0.29) is 43.9 Å². The lowest BCUT2D eigenvalue weighted by atomic mass is 9.84. The third kappa shape index (κ3) is 9.57. The standard InChI is InChI=1S/C36H52N8O7/c1-35(2,3)51-34(50)40-36(4,5)30(45)42-17-19-43(20-18-42)31(46)38-29-15-16-44(32(47)39-29)28-12-8-23-21-27(11-7-24(23)22-28)41(6)26-13-9-25(10-14-26)37-33(48)49/h8,12,15-16,22,25-27,37H,7,9-11,13-14,17-21H2,1-6H3,(H,40,50)(H,48,49)(H,38,39,46,47)/t25-,26-,27?. The second-order valence-corrected chi connectivity index (χ2v) is 15.4. The SMILES string of the molecule is CN(C1CCc2cc(-n3ccc(NC(=O)N4CCN(C(=O)C(C)(C)NC(=O)OC(C)(C)C)CC4)nc3=O)ccc2C1)[C@H]1CC[C@H](NC(=O)O)CC1. The third-order valence-electron chi connectivity index (χ3n) is 10.1. The molecule has 1 aromatic carbocycles. The number of fused-ring (bicyclic) bond motifs is 1. The first kappa shape index (κ1) is 37.6. The summed E-state index contributed by atoms with van der Waals surface area (Å²) in [6.07, 6.45) is 6.45. The van der Waals surface area contributed by atoms with Crippen molar-refractivity contribution in [1.82, 2.24) is 34.9 Å². The monoisotopic (exact) mass is 708 g/mol. The predicted octanol–water partition coefficient (Wildman–Crippen LogP) is 3.58. The molecule has 15 nitrogen and oxygen atoms in total. The van der Waals surface area contributed by atoms with Gasteiger partial charge in [-0.15, -0.1) is 0 Å². The molecular weight excluding hydrogens is 656 g/mol. The Balaban J connectivity index is 1.12. The number of anilines is 1. The summed E-state index contributed by atoms with van der Waals surface area (Å²) in [5.74, 6) is -0.140. The van der Waals surface area contributed by atoms with Gasteiger partial charge >= 0.3 is 23.9 Å². The highest BCUT2D eigenvalue weighted by Crippen LogP contribution is 2.30. The van der Waals surface area contributed by atoms with Crippen molar-refractivity contribution in [1.29, 1.82) is 0 Å². The van der Waals surface area contributed by atoms with E-state index < -0.39 is 35.0 Å². The maximum atomic E-state index is 13.2. The fourth-order valence-corrected chi connectivity index (χ4v) is 7.30. The fourth-order valence-electron chi connectivity index (χ4n) is 7.30. The molecule has 51 heavy (non-hydrogen) atoms. The van der Waals surface area contributed by atoms with Crippen LogP contribution in [0.2, 0.25) is 0 Å². The number of alkyl carbamates (subject to hydrolysis) is 1. The van der Waals surface area contributed by atoms with E-state index in [4.69, 9.17) is 9.84 Å². The first-order valence-electron chi connectivity index (χ1n) is 17.8. The normalized spacial score (nSPS) is 21.0. The van der Waals surface area contributed by atoms with E-state index in [9.17, 15) is 24.0 Å². The molecule has 1 unspecified atom stereocenters. The molecule has 2 aromatic rings. The number of aromatic nitrogens is 2. The Hall–Kier alpha value is -4.66. The van der Waals surface area contributed by atoms with Gasteiger partial charge in [-0.1, -0.05) is 6.07 Å². The first-order valence-corrected chi connectivity index (χ1v) is 17.8. The number of carbonyl (C=O) groups excluding carboxylic acids is 3. The molecule has 278 valence electrons. The van der Waals surface area contributed by atoms with E-state index in [2.05, 4.69) is 38.9 Å². The number of ether oxygens (including phenoxy) is 1. The van der Waals surface area contributed by atoms with Gasteiger partial charge in [0, 0.05) is 50.5 Å². The number of carbonyl (C=O) groups is 4. The molecule has 1 aromatic heterocycles. The van der Waals surface area contributed by atoms with Crippen LogP contribution in [-0.2, 0) is 22.4 Å². The second kappa shape index (κ2) is 15.3. The molecule has 1 atom stereocenters. The summed E-state index contributed by atoms with van der Waals surface area (Å²) < 4.78 is 6.76. The van der Waals surface area contributed by atoms with E-state index in [0.29, 0.717) is 17.8 Å². The van der Waals surface area contributed by atoms with Crippen LogP contribution in [0.5, 0.6) is 0 Å². The number of likely N-dealkylation sites (N-methyl/N-ethyl adjacent to an activating group) is 1. The molecule has 2 fully saturated rings. The van der Waals surface area contributed by atoms with Crippen molar-refractivity contribution in [3.05, 3.63) is 52.1 Å². The van der Waals surface area contributed by atoms with Crippen LogP contribution in [0.4, 0.5) is 20.2 Å². The number of carboxylic acid groups (broad SMARTS) is 1. The Morgan fingerprint density at radius 3 is 2.20 bits per heavy atom. The third-order valence-corrected chi connectivity index (χ3v) is 10.1. The Morgan fingerprint density at radius 1 is 0.902 bits per heavy atom. The number of benzene rings is 1. The van der Waals surface area contributed by atoms with Crippen LogP contribution in [0, 0.1) is 0 Å². The zero-order chi connectivity index (χ0) is 37.1. The average molecular weight is 709 g/mol. The van der Waals surface area contributed by atoms with Gasteiger partial charge in [-0.3, -0.25) is 14.7 Å². The van der Waals surface area contributed by atoms with Gasteiger partial charge in [0.15, 0.2) is 0 Å². The van der Waals surface area contributed by atoms with Crippen LogP contribution in [0.1, 0.15) is 77.8 Å². The first-order chi connectivity index (χ1) is 24.0. The molecule has 0 bridgehead atoms. The van der Waals surface area contributed by atoms with Crippen LogP contribution < -0.4 is 21.6 Å². The van der Waals surface area contributed by atoms with E-state index in [0.717, 1.165) is 44.9 Å². The number of urea groups is 1. The zero-order valence-electron chi connectivity index (χ0n) is 30.5. The summed E-state index contributed by atoms with van der Waals surface area (Å²) in [6.45, 7) is 9.58. The number of rotatable bonds is 7. The fraction of sp³-hybridized carbons (Fsp3) is 0.611. The van der Waals surface area contributed by atoms with Gasteiger partial charge in [-0.05, 0) is 116 Å². The topological polar surface area (TPSA) is 178 Å². The number of nitrogens with one attached hydrogen (secondary N) is 3. The second-order valence-electron chi connectivity index (χ2n) is 15.4. The molecular formula is C36H52N8O7. The highest BCUT2D eigenvalue weighted by molar-refractivity contribution is 5.90. The number of amides is 5. The van der Waals surface area contributed by atoms with Crippen molar-refractivity contribution in [2.24, 2.45) is 0 Å². The van der Waals surface area contributed by atoms with Gasteiger partial charge in [0.2, 0.25) is 5.91 Å². The quantitative estimate of drug-likeness (QED) is 0.335. The van der Waals surface area contributed by atoms with Gasteiger partial charge < -0.3 is 35.2 Å². The molecule has 5 amide bonds. The lowest BCUT2D eigenvalue weighted by Crippen LogP contribution is -2.60. The zero-order valence-corrected chi connectivity index (χ0v) is 30.5. The number of hydrogen-bond donors (Lipinski definition) is 4. The maximum absolute atomic E-state index is 13.2. The van der Waals surface area contributed by atoms with Crippen molar-refractivity contribution >= 4 is 29.9 Å². The van der Waals surface area contributed by atoms with Crippen molar-refractivity contribution in [2.75, 3.05) is 38.5 Å². The number of nitrogens with zero attached hydrogens (tertiary/aromatic N) is 5. The number of hydrogen-bond acceptors (Lipinski definition) is 8. The minimum atomic E-state index is -1.19. The maximum Gasteiger partial charge on any atom is 0.408 e. The number of aryl methyl sites for hydroxylation is 1. The van der Waals surface area contributed by atoms with E-state index >= 15 is 0 Å². The lowest BCUT2D eigenvalue weighted by Gasteiger charge is -2.41. The largest absolute Gasteiger partial charge is 0.465 e. The Kier molecular flexibility index (Phi) is 11.3. The minimum Gasteiger partial charge on any atom is -0.465 e. The molecule has 3 aliphatic rings. The summed E-state index contributed by atoms with van der Waals surface area (Å²) in [5.41, 5.74) is 0.784. The summed E-state index contributed by atoms with van der Waals surface area (Å²) in [6, 6.07) is 8.10. The highest BCUT2D eigenvalue weighted by Gasteiger charge is 2.37. The summed E-state index contributed by atoms with van der Waals surface area (Å²) >= 11 is 0. The van der Waals surface area contributed by atoms with Crippen LogP contribution in [0.3, 0.4) is 0 Å². The van der Waals surface area contributed by atoms with Crippen LogP contribution >= 0.6 is 0 Å². The molecule has 5 rings (SSSR count). The molecule has 4 N–H and O–H groups in total. The molecule has 1 saturated carbocycles. The van der Waals surface area contributed by atoms with Crippen LogP contribution in [0.15, 0.2) is 35.3 Å². The lowest BCUT2D eigenvalue weighted by molar-refractivity contribution is -0.138. The predicted molar refractivity (Wildman–Crippen MR) is 191 cm³/mol. The van der Waals surface area contributed by atoms with Gasteiger partial charge in [0.05, 0.1) is 5.69 Å². The van der Waals surface area contributed by atoms with Gasteiger partial charge in [0.1, 0.15) is 17.0 Å². The van der Waals surface area contributed by atoms with Gasteiger partial charge in [-0.25, -0.2) is 19.2 Å². The molecule has 1 aliphatic heterocycles. The summed E-state index contributed by atoms with van der Waals surface area (Å²) in [5, 5.41) is 17.0. The average Bonchev–Trinajstić information content (AvgIpc) is 3.06. The van der Waals surface area contributed by atoms with Gasteiger partial charge in [-0.2, -0.15) is 4.98 Å². The van der Waals surface area contributed by atoms with Crippen molar-refractivity contribution in [3.63, 3.8) is 0 Å². The molecule has 0 spiro atoms. The molecule has 2 aliphatic carbocycles. The van der Waals surface area contributed by atoms with Crippen LogP contribution in [0.25, 0.3) is 5.69 Å². The van der Waals surface area contributed by atoms with E-state index in [1.807, 2.05) is 12.1 Å². The summed E-state index contributed by atoms with van der Waals surface area (Å²) in [4.78, 5) is 72.3. The molecule has 15 heteroatoms. The van der Waals surface area contributed by atoms with Crippen molar-refractivity contribution in [2.45, 2.75) is 109 Å². The van der Waals surface area contributed by atoms with Crippen molar-refractivity contribution in [3.8, 4) is 5.69 Å².